The van der Waals surface area contributed by atoms with Crippen LogP contribution in [0.2, 0.25) is 0 Å². The number of amides is 1. The van der Waals surface area contributed by atoms with Crippen molar-refractivity contribution >= 4 is 11.6 Å². The lowest BCUT2D eigenvalue weighted by molar-refractivity contribution is -0.116. The van der Waals surface area contributed by atoms with Crippen molar-refractivity contribution in [2.45, 2.75) is 20.3 Å². The minimum absolute atomic E-state index is 0.105. The third-order valence-corrected chi connectivity index (χ3v) is 1.90. The first-order chi connectivity index (χ1) is 7.41. The first-order valence-corrected chi connectivity index (χ1v) is 4.85. The molecule has 0 aromatic heterocycles. The van der Waals surface area contributed by atoms with Crippen molar-refractivity contribution in [2.75, 3.05) is 5.32 Å². The third-order valence-electron chi connectivity index (χ3n) is 1.90. The van der Waals surface area contributed by atoms with Gasteiger partial charge >= 0.3 is 0 Å². The van der Waals surface area contributed by atoms with E-state index in [2.05, 4.69) is 5.32 Å². The van der Waals surface area contributed by atoms with Crippen LogP contribution in [0.3, 0.4) is 0 Å². The number of hydrogen-bond donors (Lipinski definition) is 1. The highest BCUT2D eigenvalue weighted by atomic mass is 19.2. The van der Waals surface area contributed by atoms with Crippen LogP contribution < -0.4 is 5.32 Å². The molecular formula is C11H12F3NO. The van der Waals surface area contributed by atoms with E-state index >= 15 is 0 Å². The lowest BCUT2D eigenvalue weighted by Crippen LogP contribution is -2.15. The van der Waals surface area contributed by atoms with Crippen LogP contribution in [0.4, 0.5) is 18.9 Å². The first kappa shape index (κ1) is 12.5. The summed E-state index contributed by atoms with van der Waals surface area (Å²) in [6.07, 6.45) is 0.193. The van der Waals surface area contributed by atoms with Crippen LogP contribution in [-0.4, -0.2) is 5.91 Å². The van der Waals surface area contributed by atoms with Crippen molar-refractivity contribution in [1.29, 1.82) is 0 Å². The fraction of sp³-hybridized carbons (Fsp3) is 0.364. The van der Waals surface area contributed by atoms with Crippen LogP contribution in [0.5, 0.6) is 0 Å². The zero-order chi connectivity index (χ0) is 12.3. The standard InChI is InChI=1S/C11H12F3NO/c1-6(2)5-9(16)15-8-4-3-7(12)10(13)11(8)14/h3-4,6H,5H2,1-2H3,(H,15,16). The van der Waals surface area contributed by atoms with Crippen molar-refractivity contribution in [3.63, 3.8) is 0 Å². The monoisotopic (exact) mass is 231 g/mol. The highest BCUT2D eigenvalue weighted by molar-refractivity contribution is 5.90. The molecule has 0 fully saturated rings. The Labute approximate surface area is 91.5 Å². The second-order valence-corrected chi connectivity index (χ2v) is 3.87. The summed E-state index contributed by atoms with van der Waals surface area (Å²) >= 11 is 0. The summed E-state index contributed by atoms with van der Waals surface area (Å²) in [6.45, 7) is 3.64. The van der Waals surface area contributed by atoms with E-state index in [9.17, 15) is 18.0 Å². The molecule has 1 N–H and O–H groups in total. The van der Waals surface area contributed by atoms with Gasteiger partial charge in [0, 0.05) is 6.42 Å². The van der Waals surface area contributed by atoms with Crippen molar-refractivity contribution in [3.8, 4) is 0 Å². The maximum absolute atomic E-state index is 13.1. The third kappa shape index (κ3) is 2.98. The number of hydrogen-bond acceptors (Lipinski definition) is 1. The van der Waals surface area contributed by atoms with Gasteiger partial charge in [-0.05, 0) is 18.1 Å². The van der Waals surface area contributed by atoms with Crippen molar-refractivity contribution < 1.29 is 18.0 Å². The van der Waals surface area contributed by atoms with Gasteiger partial charge in [-0.1, -0.05) is 13.8 Å². The van der Waals surface area contributed by atoms with Gasteiger partial charge in [-0.3, -0.25) is 4.79 Å². The number of benzene rings is 1. The largest absolute Gasteiger partial charge is 0.323 e. The molecule has 0 heterocycles. The Balaban J connectivity index is 2.82. The van der Waals surface area contributed by atoms with E-state index in [1.807, 2.05) is 13.8 Å². The predicted octanol–water partition coefficient (Wildman–Crippen LogP) is 3.09. The zero-order valence-corrected chi connectivity index (χ0v) is 8.98. The second kappa shape index (κ2) is 5.01. The molecule has 0 bridgehead atoms. The summed E-state index contributed by atoms with van der Waals surface area (Å²) in [5.74, 6) is -4.56. The zero-order valence-electron chi connectivity index (χ0n) is 8.98. The molecule has 0 aliphatic carbocycles. The molecule has 2 nitrogen and oxygen atoms in total. The Hall–Kier alpha value is -1.52. The Bertz CT molecular complexity index is 404. The molecule has 0 spiro atoms. The van der Waals surface area contributed by atoms with E-state index in [1.54, 1.807) is 0 Å². The molecule has 1 rings (SSSR count). The average Bonchev–Trinajstić information content (AvgIpc) is 2.18. The quantitative estimate of drug-likeness (QED) is 0.796. The Morgan fingerprint density at radius 2 is 1.88 bits per heavy atom. The minimum Gasteiger partial charge on any atom is -0.323 e. The molecule has 0 unspecified atom stereocenters. The Morgan fingerprint density at radius 1 is 1.25 bits per heavy atom. The fourth-order valence-corrected chi connectivity index (χ4v) is 1.19. The van der Waals surface area contributed by atoms with E-state index in [1.165, 1.54) is 0 Å². The number of rotatable bonds is 3. The normalized spacial score (nSPS) is 10.6. The molecule has 0 saturated heterocycles. The predicted molar refractivity (Wildman–Crippen MR) is 54.4 cm³/mol. The van der Waals surface area contributed by atoms with Gasteiger partial charge < -0.3 is 5.32 Å². The van der Waals surface area contributed by atoms with Crippen molar-refractivity contribution in [1.82, 2.24) is 0 Å². The average molecular weight is 231 g/mol. The van der Waals surface area contributed by atoms with E-state index < -0.39 is 23.4 Å². The van der Waals surface area contributed by atoms with Gasteiger partial charge in [0.05, 0.1) is 5.69 Å². The topological polar surface area (TPSA) is 29.1 Å². The smallest absolute Gasteiger partial charge is 0.224 e. The van der Waals surface area contributed by atoms with Gasteiger partial charge in [0.25, 0.3) is 0 Å². The van der Waals surface area contributed by atoms with E-state index in [4.69, 9.17) is 0 Å². The summed E-state index contributed by atoms with van der Waals surface area (Å²) < 4.78 is 38.5. The number of halogens is 3. The van der Waals surface area contributed by atoms with E-state index in [-0.39, 0.29) is 18.0 Å². The van der Waals surface area contributed by atoms with Crippen LogP contribution in [0.25, 0.3) is 0 Å². The summed E-state index contributed by atoms with van der Waals surface area (Å²) in [7, 11) is 0. The lowest BCUT2D eigenvalue weighted by atomic mass is 10.1. The molecule has 0 aliphatic heterocycles. The highest BCUT2D eigenvalue weighted by Gasteiger charge is 2.15. The molecule has 88 valence electrons. The minimum atomic E-state index is -1.58. The number of carbonyl (C=O) groups excluding carboxylic acids is 1. The van der Waals surface area contributed by atoms with Gasteiger partial charge in [0.1, 0.15) is 0 Å². The maximum Gasteiger partial charge on any atom is 0.224 e. The summed E-state index contributed by atoms with van der Waals surface area (Å²) in [4.78, 5) is 11.3. The van der Waals surface area contributed by atoms with Gasteiger partial charge in [0.2, 0.25) is 5.91 Å². The van der Waals surface area contributed by atoms with Gasteiger partial charge in [-0.15, -0.1) is 0 Å². The van der Waals surface area contributed by atoms with Crippen LogP contribution in [0, 0.1) is 23.4 Å². The van der Waals surface area contributed by atoms with Crippen LogP contribution in [-0.2, 0) is 4.79 Å². The summed E-state index contributed by atoms with van der Waals surface area (Å²) in [6, 6.07) is 1.76. The summed E-state index contributed by atoms with van der Waals surface area (Å²) in [5, 5.41) is 2.19. The van der Waals surface area contributed by atoms with Crippen LogP contribution in [0.15, 0.2) is 12.1 Å². The molecule has 1 aromatic rings. The van der Waals surface area contributed by atoms with Crippen molar-refractivity contribution in [2.24, 2.45) is 5.92 Å². The molecule has 1 aromatic carbocycles. The molecule has 0 atom stereocenters. The number of carbonyl (C=O) groups is 1. The van der Waals surface area contributed by atoms with Crippen LogP contribution in [0.1, 0.15) is 20.3 Å². The van der Waals surface area contributed by atoms with Gasteiger partial charge in [-0.25, -0.2) is 13.2 Å². The van der Waals surface area contributed by atoms with Gasteiger partial charge in [-0.2, -0.15) is 0 Å². The van der Waals surface area contributed by atoms with E-state index in [0.717, 1.165) is 12.1 Å². The van der Waals surface area contributed by atoms with Crippen LogP contribution >= 0.6 is 0 Å². The molecule has 16 heavy (non-hydrogen) atoms. The lowest BCUT2D eigenvalue weighted by Gasteiger charge is -2.08. The SMILES string of the molecule is CC(C)CC(=O)Nc1ccc(F)c(F)c1F. The van der Waals surface area contributed by atoms with Crippen molar-refractivity contribution in [3.05, 3.63) is 29.6 Å². The Morgan fingerprint density at radius 3 is 2.44 bits per heavy atom. The second-order valence-electron chi connectivity index (χ2n) is 3.87. The highest BCUT2D eigenvalue weighted by Crippen LogP contribution is 2.20. The molecule has 0 radical (unpaired) electrons. The first-order valence-electron chi connectivity index (χ1n) is 4.85. The maximum atomic E-state index is 13.1. The molecule has 0 saturated carbocycles. The van der Waals surface area contributed by atoms with E-state index in [0.29, 0.717) is 0 Å². The molecule has 1 amide bonds. The summed E-state index contributed by atoms with van der Waals surface area (Å²) in [5.41, 5.74) is -0.343. The number of anilines is 1. The fourth-order valence-electron chi connectivity index (χ4n) is 1.19. The van der Waals surface area contributed by atoms with Gasteiger partial charge in [0.15, 0.2) is 17.5 Å². The molecule has 0 aliphatic rings. The Kier molecular flexibility index (Phi) is 3.93. The molecule has 5 heteroatoms. The molecular weight excluding hydrogens is 219 g/mol. The number of nitrogens with one attached hydrogen (secondary N) is 1.